The molecule has 0 aliphatic carbocycles. The lowest BCUT2D eigenvalue weighted by molar-refractivity contribution is -0.150. The van der Waals surface area contributed by atoms with Gasteiger partial charge in [0.1, 0.15) is 12.4 Å². The summed E-state index contributed by atoms with van der Waals surface area (Å²) >= 11 is 0. The van der Waals surface area contributed by atoms with Crippen molar-refractivity contribution in [2.24, 2.45) is 5.92 Å². The normalized spacial score (nSPS) is 17.5. The van der Waals surface area contributed by atoms with Crippen molar-refractivity contribution < 1.29 is 19.4 Å². The summed E-state index contributed by atoms with van der Waals surface area (Å²) in [6.45, 7) is 8.64. The summed E-state index contributed by atoms with van der Waals surface area (Å²) in [5.74, 6) is 0.603. The van der Waals surface area contributed by atoms with Gasteiger partial charge in [0.05, 0.1) is 5.57 Å². The Morgan fingerprint density at radius 3 is 2.52 bits per heavy atom. The number of cyclic esters (lactones) is 1. The van der Waals surface area contributed by atoms with E-state index >= 15 is 0 Å². The minimum Gasteiger partial charge on any atom is -0.490 e. The monoisotopic (exact) mass is 316 g/mol. The number of allylic oxidation sites excluding steroid dienone is 1. The Kier molecular flexibility index (Phi) is 5.61. The van der Waals surface area contributed by atoms with Gasteiger partial charge in [-0.3, -0.25) is 0 Å². The van der Waals surface area contributed by atoms with Gasteiger partial charge in [-0.25, -0.2) is 4.79 Å². The molecule has 0 aromatic heterocycles. The van der Waals surface area contributed by atoms with Crippen LogP contribution < -0.4 is 4.74 Å². The maximum Gasteiger partial charge on any atom is 0.341 e. The van der Waals surface area contributed by atoms with Crippen LogP contribution in [-0.4, -0.2) is 24.0 Å². The molecule has 0 saturated heterocycles. The Bertz CT molecular complexity index is 619. The lowest BCUT2D eigenvalue weighted by atomic mass is 9.95. The molecule has 1 aliphatic rings. The number of esters is 1. The van der Waals surface area contributed by atoms with Gasteiger partial charge in [-0.1, -0.05) is 31.6 Å². The molecular weight excluding hydrogens is 292 g/mol. The van der Waals surface area contributed by atoms with Crippen molar-refractivity contribution in [3.05, 3.63) is 47.1 Å². The van der Waals surface area contributed by atoms with Crippen LogP contribution in [-0.2, 0) is 9.53 Å². The Labute approximate surface area is 137 Å². The van der Waals surface area contributed by atoms with Gasteiger partial charge in [0.25, 0.3) is 0 Å². The molecule has 0 amide bonds. The van der Waals surface area contributed by atoms with Gasteiger partial charge in [-0.2, -0.15) is 0 Å². The minimum atomic E-state index is -1.13. The molecule has 4 nitrogen and oxygen atoms in total. The number of rotatable bonds is 6. The van der Waals surface area contributed by atoms with E-state index in [1.165, 1.54) is 5.57 Å². The zero-order chi connectivity index (χ0) is 17.0. The van der Waals surface area contributed by atoms with Gasteiger partial charge in [0.15, 0.2) is 0 Å². The van der Waals surface area contributed by atoms with Crippen molar-refractivity contribution in [2.75, 3.05) is 6.61 Å². The highest BCUT2D eigenvalue weighted by Crippen LogP contribution is 2.34. The zero-order valence-electron chi connectivity index (χ0n) is 14.1. The van der Waals surface area contributed by atoms with Crippen molar-refractivity contribution in [3.8, 4) is 5.75 Å². The average molecular weight is 316 g/mol. The molecule has 23 heavy (non-hydrogen) atoms. The van der Waals surface area contributed by atoms with Crippen LogP contribution in [0.3, 0.4) is 0 Å². The van der Waals surface area contributed by atoms with Gasteiger partial charge in [-0.05, 0) is 50.0 Å². The summed E-state index contributed by atoms with van der Waals surface area (Å²) < 4.78 is 10.6. The van der Waals surface area contributed by atoms with Crippen molar-refractivity contribution >= 4 is 11.5 Å². The third-order valence-corrected chi connectivity index (χ3v) is 3.55. The molecule has 0 spiro atoms. The fraction of sp³-hybridized carbons (Fsp3) is 0.421. The summed E-state index contributed by atoms with van der Waals surface area (Å²) in [6, 6.07) is 7.30. The molecule has 1 heterocycles. The summed E-state index contributed by atoms with van der Waals surface area (Å²) in [4.78, 5) is 12.0. The second-order valence-corrected chi connectivity index (χ2v) is 6.37. The van der Waals surface area contributed by atoms with E-state index in [9.17, 15) is 9.90 Å². The van der Waals surface area contributed by atoms with Crippen LogP contribution in [0.15, 0.2) is 41.5 Å². The molecule has 1 N–H and O–H groups in total. The predicted molar refractivity (Wildman–Crippen MR) is 89.8 cm³/mol. The first-order valence-corrected chi connectivity index (χ1v) is 7.87. The summed E-state index contributed by atoms with van der Waals surface area (Å²) in [7, 11) is 0. The number of carbonyl (C=O) groups excluding carboxylic acids is 1. The van der Waals surface area contributed by atoms with Crippen molar-refractivity contribution in [1.29, 1.82) is 0 Å². The number of aliphatic hydroxyl groups excluding tert-OH is 1. The second-order valence-electron chi connectivity index (χ2n) is 6.37. The first kappa shape index (κ1) is 17.3. The maximum atomic E-state index is 12.0. The quantitative estimate of drug-likeness (QED) is 0.642. The van der Waals surface area contributed by atoms with E-state index in [1.54, 1.807) is 0 Å². The Morgan fingerprint density at radius 2 is 1.96 bits per heavy atom. The number of benzene rings is 1. The topological polar surface area (TPSA) is 55.8 Å². The number of hydrogen-bond acceptors (Lipinski definition) is 4. The van der Waals surface area contributed by atoms with Gasteiger partial charge in [-0.15, -0.1) is 0 Å². The van der Waals surface area contributed by atoms with Crippen molar-refractivity contribution in [1.82, 2.24) is 0 Å². The van der Waals surface area contributed by atoms with Crippen molar-refractivity contribution in [3.63, 3.8) is 0 Å². The van der Waals surface area contributed by atoms with Crippen LogP contribution >= 0.6 is 0 Å². The Balaban J connectivity index is 2.21. The van der Waals surface area contributed by atoms with E-state index < -0.39 is 12.3 Å². The first-order valence-electron chi connectivity index (χ1n) is 7.87. The van der Waals surface area contributed by atoms with Crippen LogP contribution in [0.4, 0.5) is 0 Å². The maximum absolute atomic E-state index is 12.0. The predicted octanol–water partition coefficient (Wildman–Crippen LogP) is 3.71. The number of hydrogen-bond donors (Lipinski definition) is 1. The van der Waals surface area contributed by atoms with E-state index in [0.29, 0.717) is 30.1 Å². The molecule has 2 rings (SSSR count). The molecular formula is C19H24O4. The average Bonchev–Trinajstić information content (AvgIpc) is 2.73. The molecule has 1 aromatic rings. The van der Waals surface area contributed by atoms with Crippen LogP contribution in [0.5, 0.6) is 5.75 Å². The lowest BCUT2D eigenvalue weighted by Gasteiger charge is -2.10. The van der Waals surface area contributed by atoms with Gasteiger partial charge in [0.2, 0.25) is 6.29 Å². The molecule has 0 fully saturated rings. The van der Waals surface area contributed by atoms with Crippen LogP contribution in [0.25, 0.3) is 5.57 Å². The standard InChI is InChI=1S/C19H24O4/c1-12(2)9-10-22-15-7-5-14(6-8-15)17-16(11-13(3)4)18(20)23-19(17)21/h5-9,13,18,20H,10-11H2,1-4H3/t18-/m0/s1. The van der Waals surface area contributed by atoms with E-state index in [4.69, 9.17) is 9.47 Å². The highest BCUT2D eigenvalue weighted by molar-refractivity contribution is 6.19. The molecule has 0 saturated carbocycles. The Hall–Kier alpha value is -2.07. The summed E-state index contributed by atoms with van der Waals surface area (Å²) in [5, 5.41) is 9.93. The second kappa shape index (κ2) is 7.47. The van der Waals surface area contributed by atoms with Crippen molar-refractivity contribution in [2.45, 2.75) is 40.4 Å². The largest absolute Gasteiger partial charge is 0.490 e. The molecule has 0 radical (unpaired) electrons. The molecule has 1 aromatic carbocycles. The summed E-state index contributed by atoms with van der Waals surface area (Å²) in [6.07, 6.45) is 1.50. The first-order chi connectivity index (χ1) is 10.9. The van der Waals surface area contributed by atoms with E-state index in [1.807, 2.05) is 58.0 Å². The molecule has 0 unspecified atom stereocenters. The molecule has 4 heteroatoms. The van der Waals surface area contributed by atoms with Gasteiger partial charge in [0, 0.05) is 5.57 Å². The number of carbonyl (C=O) groups is 1. The molecule has 1 atom stereocenters. The van der Waals surface area contributed by atoms with Gasteiger partial charge < -0.3 is 14.6 Å². The minimum absolute atomic E-state index is 0.329. The molecule has 124 valence electrons. The third kappa shape index (κ3) is 4.45. The van der Waals surface area contributed by atoms with E-state index in [2.05, 4.69) is 0 Å². The van der Waals surface area contributed by atoms with E-state index in [0.717, 1.165) is 11.3 Å². The Morgan fingerprint density at radius 1 is 1.30 bits per heavy atom. The number of ether oxygens (including phenoxy) is 2. The van der Waals surface area contributed by atoms with Crippen LogP contribution in [0, 0.1) is 5.92 Å². The highest BCUT2D eigenvalue weighted by Gasteiger charge is 2.33. The lowest BCUT2D eigenvalue weighted by Crippen LogP contribution is -2.11. The molecule has 1 aliphatic heterocycles. The summed E-state index contributed by atoms with van der Waals surface area (Å²) in [5.41, 5.74) is 3.08. The molecule has 0 bridgehead atoms. The highest BCUT2D eigenvalue weighted by atomic mass is 16.6. The fourth-order valence-corrected chi connectivity index (χ4v) is 2.45. The van der Waals surface area contributed by atoms with Crippen LogP contribution in [0.2, 0.25) is 0 Å². The van der Waals surface area contributed by atoms with E-state index in [-0.39, 0.29) is 0 Å². The fourth-order valence-electron chi connectivity index (χ4n) is 2.45. The number of aliphatic hydroxyl groups is 1. The SMILES string of the molecule is CC(C)=CCOc1ccc(C2=C(CC(C)C)[C@@H](O)OC2=O)cc1. The smallest absolute Gasteiger partial charge is 0.341 e. The van der Waals surface area contributed by atoms with Crippen LogP contribution in [0.1, 0.15) is 39.7 Å². The van der Waals surface area contributed by atoms with Gasteiger partial charge >= 0.3 is 5.97 Å². The third-order valence-electron chi connectivity index (χ3n) is 3.55. The zero-order valence-corrected chi connectivity index (χ0v) is 14.1.